The van der Waals surface area contributed by atoms with Crippen molar-refractivity contribution in [1.29, 1.82) is 0 Å². The first-order chi connectivity index (χ1) is 12.5. The second kappa shape index (κ2) is 8.45. The van der Waals surface area contributed by atoms with E-state index in [4.69, 9.17) is 4.74 Å². The number of ether oxygens (including phenoxy) is 1. The lowest BCUT2D eigenvalue weighted by atomic mass is 10.1. The zero-order valence-electron chi connectivity index (χ0n) is 15.9. The summed E-state index contributed by atoms with van der Waals surface area (Å²) in [6, 6.07) is 3.92. The summed E-state index contributed by atoms with van der Waals surface area (Å²) in [6.07, 6.45) is 7.04. The topological polar surface area (TPSA) is 60.2 Å². The minimum Gasteiger partial charge on any atom is -0.376 e. The summed E-state index contributed by atoms with van der Waals surface area (Å²) >= 11 is 0. The third-order valence-corrected chi connectivity index (χ3v) is 5.14. The maximum atomic E-state index is 13.0. The summed E-state index contributed by atoms with van der Waals surface area (Å²) in [4.78, 5) is 19.1. The van der Waals surface area contributed by atoms with Crippen LogP contribution in [0.2, 0.25) is 0 Å². The number of rotatable bonds is 7. The standard InChI is InChI=1S/C20H28N4O2/c1-15-19(16(2)23(3)22-15)8-9-20(25)24(14-18-7-5-11-26-18)13-17-6-4-10-21-12-17/h4,6,10,12,18H,5,7-9,11,13-14H2,1-3H3. The summed E-state index contributed by atoms with van der Waals surface area (Å²) in [6.45, 7) is 6.09. The molecule has 6 nitrogen and oxygen atoms in total. The molecule has 1 fully saturated rings. The number of pyridine rings is 1. The quantitative estimate of drug-likeness (QED) is 0.765. The maximum absolute atomic E-state index is 13.0. The van der Waals surface area contributed by atoms with Crippen molar-refractivity contribution in [1.82, 2.24) is 19.7 Å². The zero-order valence-corrected chi connectivity index (χ0v) is 15.9. The molecule has 0 saturated carbocycles. The van der Waals surface area contributed by atoms with Crippen molar-refractivity contribution in [2.75, 3.05) is 13.2 Å². The molecule has 1 aliphatic rings. The molecule has 1 aliphatic heterocycles. The van der Waals surface area contributed by atoms with E-state index in [9.17, 15) is 4.79 Å². The van der Waals surface area contributed by atoms with Crippen molar-refractivity contribution < 1.29 is 9.53 Å². The molecule has 1 amide bonds. The normalized spacial score (nSPS) is 16.8. The molecule has 3 rings (SSSR count). The maximum Gasteiger partial charge on any atom is 0.223 e. The Balaban J connectivity index is 1.67. The molecule has 1 atom stereocenters. The van der Waals surface area contributed by atoms with Crippen LogP contribution in [0.5, 0.6) is 0 Å². The molecule has 1 unspecified atom stereocenters. The number of nitrogens with zero attached hydrogens (tertiary/aromatic N) is 4. The average Bonchev–Trinajstić information content (AvgIpc) is 3.22. The van der Waals surface area contributed by atoms with E-state index in [0.29, 0.717) is 19.5 Å². The van der Waals surface area contributed by atoms with Gasteiger partial charge in [0, 0.05) is 51.3 Å². The van der Waals surface area contributed by atoms with Crippen molar-refractivity contribution in [2.45, 2.75) is 52.2 Å². The van der Waals surface area contributed by atoms with E-state index in [-0.39, 0.29) is 12.0 Å². The van der Waals surface area contributed by atoms with Gasteiger partial charge in [-0.05, 0) is 50.3 Å². The van der Waals surface area contributed by atoms with Crippen LogP contribution < -0.4 is 0 Å². The molecule has 140 valence electrons. The summed E-state index contributed by atoms with van der Waals surface area (Å²) in [7, 11) is 1.94. The van der Waals surface area contributed by atoms with Crippen LogP contribution in [0, 0.1) is 13.8 Å². The third-order valence-electron chi connectivity index (χ3n) is 5.14. The number of aromatic nitrogens is 3. The lowest BCUT2D eigenvalue weighted by Gasteiger charge is -2.25. The molecule has 1 saturated heterocycles. The summed E-state index contributed by atoms with van der Waals surface area (Å²) in [5.74, 6) is 0.159. The van der Waals surface area contributed by atoms with E-state index in [1.807, 2.05) is 41.9 Å². The molecule has 2 aromatic rings. The molecule has 0 bridgehead atoms. The van der Waals surface area contributed by atoms with Gasteiger partial charge in [-0.25, -0.2) is 0 Å². The van der Waals surface area contributed by atoms with Gasteiger partial charge < -0.3 is 9.64 Å². The molecular weight excluding hydrogens is 328 g/mol. The first-order valence-corrected chi connectivity index (χ1v) is 9.32. The molecule has 3 heterocycles. The zero-order chi connectivity index (χ0) is 18.5. The van der Waals surface area contributed by atoms with Crippen molar-refractivity contribution in [3.8, 4) is 0 Å². The van der Waals surface area contributed by atoms with Gasteiger partial charge in [-0.3, -0.25) is 14.5 Å². The van der Waals surface area contributed by atoms with Crippen LogP contribution in [0.15, 0.2) is 24.5 Å². The molecule has 26 heavy (non-hydrogen) atoms. The summed E-state index contributed by atoms with van der Waals surface area (Å²) < 4.78 is 7.64. The van der Waals surface area contributed by atoms with Crippen LogP contribution in [-0.4, -0.2) is 44.8 Å². The molecule has 0 spiro atoms. The highest BCUT2D eigenvalue weighted by Gasteiger charge is 2.23. The Kier molecular flexibility index (Phi) is 6.04. The van der Waals surface area contributed by atoms with Crippen LogP contribution in [0.3, 0.4) is 0 Å². The minimum atomic E-state index is 0.150. The second-order valence-electron chi connectivity index (χ2n) is 7.04. The van der Waals surface area contributed by atoms with Gasteiger partial charge in [-0.2, -0.15) is 5.10 Å². The van der Waals surface area contributed by atoms with Crippen molar-refractivity contribution in [2.24, 2.45) is 7.05 Å². The van der Waals surface area contributed by atoms with Crippen LogP contribution in [-0.2, 0) is 29.5 Å². The smallest absolute Gasteiger partial charge is 0.223 e. The third kappa shape index (κ3) is 4.49. The van der Waals surface area contributed by atoms with Crippen LogP contribution in [0.4, 0.5) is 0 Å². The van der Waals surface area contributed by atoms with Gasteiger partial charge >= 0.3 is 0 Å². The van der Waals surface area contributed by atoms with Gasteiger partial charge in [0.2, 0.25) is 5.91 Å². The van der Waals surface area contributed by atoms with Crippen molar-refractivity contribution >= 4 is 5.91 Å². The first-order valence-electron chi connectivity index (χ1n) is 9.32. The summed E-state index contributed by atoms with van der Waals surface area (Å²) in [5.41, 5.74) is 4.37. The highest BCUT2D eigenvalue weighted by molar-refractivity contribution is 5.76. The largest absolute Gasteiger partial charge is 0.376 e. The number of aryl methyl sites for hydroxylation is 2. The fourth-order valence-electron chi connectivity index (χ4n) is 3.57. The number of carbonyl (C=O) groups is 1. The van der Waals surface area contributed by atoms with E-state index >= 15 is 0 Å². The Morgan fingerprint density at radius 2 is 2.27 bits per heavy atom. The van der Waals surface area contributed by atoms with Gasteiger partial charge in [0.25, 0.3) is 0 Å². The Hall–Kier alpha value is -2.21. The monoisotopic (exact) mass is 356 g/mol. The average molecular weight is 356 g/mol. The van der Waals surface area contributed by atoms with Crippen LogP contribution in [0.25, 0.3) is 0 Å². The molecule has 0 N–H and O–H groups in total. The molecule has 2 aromatic heterocycles. The van der Waals surface area contributed by atoms with E-state index in [1.54, 1.807) is 6.20 Å². The van der Waals surface area contributed by atoms with E-state index in [1.165, 1.54) is 5.56 Å². The van der Waals surface area contributed by atoms with E-state index in [2.05, 4.69) is 17.0 Å². The van der Waals surface area contributed by atoms with Gasteiger partial charge in [0.15, 0.2) is 0 Å². The Morgan fingerprint density at radius 3 is 2.88 bits per heavy atom. The molecule has 0 aromatic carbocycles. The Labute approximate surface area is 155 Å². The predicted molar refractivity (Wildman–Crippen MR) is 99.6 cm³/mol. The highest BCUT2D eigenvalue weighted by Crippen LogP contribution is 2.18. The van der Waals surface area contributed by atoms with E-state index < -0.39 is 0 Å². The Bertz CT molecular complexity index is 736. The summed E-state index contributed by atoms with van der Waals surface area (Å²) in [5, 5.41) is 4.45. The van der Waals surface area contributed by atoms with Crippen LogP contribution in [0.1, 0.15) is 41.8 Å². The number of carbonyl (C=O) groups excluding carboxylic acids is 1. The van der Waals surface area contributed by atoms with E-state index in [0.717, 1.165) is 42.8 Å². The molecular formula is C20H28N4O2. The minimum absolute atomic E-state index is 0.150. The second-order valence-corrected chi connectivity index (χ2v) is 7.04. The van der Waals surface area contributed by atoms with Gasteiger partial charge in [0.1, 0.15) is 0 Å². The SMILES string of the molecule is Cc1nn(C)c(C)c1CCC(=O)N(Cc1cccnc1)CC1CCCO1. The fourth-order valence-corrected chi connectivity index (χ4v) is 3.57. The number of amides is 1. The highest BCUT2D eigenvalue weighted by atomic mass is 16.5. The van der Waals surface area contributed by atoms with Crippen molar-refractivity contribution in [3.05, 3.63) is 47.0 Å². The Morgan fingerprint density at radius 1 is 1.42 bits per heavy atom. The van der Waals surface area contributed by atoms with Crippen molar-refractivity contribution in [3.63, 3.8) is 0 Å². The predicted octanol–water partition coefficient (Wildman–Crippen LogP) is 2.57. The molecule has 0 radical (unpaired) electrons. The lowest BCUT2D eigenvalue weighted by Crippen LogP contribution is -2.37. The van der Waals surface area contributed by atoms with Gasteiger partial charge in [0.05, 0.1) is 11.8 Å². The fraction of sp³-hybridized carbons (Fsp3) is 0.550. The molecule has 6 heteroatoms. The first kappa shape index (κ1) is 18.6. The molecule has 0 aliphatic carbocycles. The lowest BCUT2D eigenvalue weighted by molar-refractivity contribution is -0.133. The van der Waals surface area contributed by atoms with Crippen LogP contribution >= 0.6 is 0 Å². The number of hydrogen-bond donors (Lipinski definition) is 0. The van der Waals surface area contributed by atoms with Gasteiger partial charge in [-0.1, -0.05) is 6.07 Å². The number of hydrogen-bond acceptors (Lipinski definition) is 4. The van der Waals surface area contributed by atoms with Gasteiger partial charge in [-0.15, -0.1) is 0 Å².